The van der Waals surface area contributed by atoms with Crippen molar-refractivity contribution in [3.8, 4) is 28.4 Å². The molecule has 0 fully saturated rings. The lowest BCUT2D eigenvalue weighted by Gasteiger charge is -2.37. The Labute approximate surface area is 174 Å². The van der Waals surface area contributed by atoms with Crippen molar-refractivity contribution in [2.45, 2.75) is 32.4 Å². The van der Waals surface area contributed by atoms with Crippen LogP contribution in [0.4, 0.5) is 5.69 Å². The Bertz CT molecular complexity index is 1150. The van der Waals surface area contributed by atoms with E-state index < -0.39 is 0 Å². The van der Waals surface area contributed by atoms with Crippen LogP contribution in [0.1, 0.15) is 43.6 Å². The number of hydrogen-bond acceptors (Lipinski definition) is 5. The molecule has 2 N–H and O–H groups in total. The van der Waals surface area contributed by atoms with Crippen molar-refractivity contribution in [2.75, 3.05) is 12.4 Å². The van der Waals surface area contributed by atoms with Gasteiger partial charge in [0.2, 0.25) is 0 Å². The number of aromatic hydroxyl groups is 1. The standard InChI is InChI=1S/C24H23NO3S/c1-13-11-24(2,3)25-16-6-5-15-20-18(8-7-17(26)23(20)27-4)28-22(21(15)19(13)16)14-9-10-29-12-14/h5-12,22,25-26H,1-4H3. The van der Waals surface area contributed by atoms with Crippen LogP contribution < -0.4 is 14.8 Å². The van der Waals surface area contributed by atoms with Gasteiger partial charge in [0.25, 0.3) is 0 Å². The van der Waals surface area contributed by atoms with Crippen LogP contribution in [0.25, 0.3) is 16.7 Å². The molecule has 5 rings (SSSR count). The van der Waals surface area contributed by atoms with Crippen LogP contribution >= 0.6 is 11.3 Å². The van der Waals surface area contributed by atoms with Gasteiger partial charge in [-0.1, -0.05) is 12.1 Å². The number of anilines is 1. The average molecular weight is 406 g/mol. The van der Waals surface area contributed by atoms with Crippen LogP contribution in [0.5, 0.6) is 17.2 Å². The van der Waals surface area contributed by atoms with E-state index in [2.05, 4.69) is 61.1 Å². The predicted octanol–water partition coefficient (Wildman–Crippen LogP) is 6.22. The maximum absolute atomic E-state index is 10.4. The van der Waals surface area contributed by atoms with Crippen LogP contribution in [0.3, 0.4) is 0 Å². The Morgan fingerprint density at radius 2 is 1.97 bits per heavy atom. The first-order chi connectivity index (χ1) is 13.9. The van der Waals surface area contributed by atoms with E-state index in [0.717, 1.165) is 33.5 Å². The number of methoxy groups -OCH3 is 1. The van der Waals surface area contributed by atoms with E-state index in [9.17, 15) is 5.11 Å². The molecule has 2 aliphatic rings. The topological polar surface area (TPSA) is 50.7 Å². The Morgan fingerprint density at radius 3 is 2.69 bits per heavy atom. The van der Waals surface area contributed by atoms with Gasteiger partial charge in [-0.05, 0) is 66.9 Å². The van der Waals surface area contributed by atoms with Gasteiger partial charge in [0.15, 0.2) is 17.6 Å². The van der Waals surface area contributed by atoms with Crippen molar-refractivity contribution in [1.29, 1.82) is 0 Å². The van der Waals surface area contributed by atoms with E-state index in [1.807, 2.05) is 6.07 Å². The van der Waals surface area contributed by atoms with Crippen molar-refractivity contribution in [2.24, 2.45) is 0 Å². The predicted molar refractivity (Wildman–Crippen MR) is 118 cm³/mol. The molecule has 0 aliphatic carbocycles. The SMILES string of the molecule is COc1c(O)ccc2c1-c1ccc3c(c1C(c1ccsc1)O2)C(C)=CC(C)(C)N3. The van der Waals surface area contributed by atoms with Crippen molar-refractivity contribution in [1.82, 2.24) is 0 Å². The van der Waals surface area contributed by atoms with Crippen LogP contribution in [-0.4, -0.2) is 17.8 Å². The summed E-state index contributed by atoms with van der Waals surface area (Å²) in [5.74, 6) is 1.27. The third-order valence-electron chi connectivity index (χ3n) is 5.60. The highest BCUT2D eigenvalue weighted by atomic mass is 32.1. The average Bonchev–Trinajstić information content (AvgIpc) is 3.20. The molecule has 4 nitrogen and oxygen atoms in total. The summed E-state index contributed by atoms with van der Waals surface area (Å²) in [7, 11) is 1.58. The zero-order chi connectivity index (χ0) is 20.3. The first kappa shape index (κ1) is 18.1. The van der Waals surface area contributed by atoms with Crippen molar-refractivity contribution >= 4 is 22.6 Å². The molecule has 3 aromatic rings. The van der Waals surface area contributed by atoms with Gasteiger partial charge in [0.05, 0.1) is 18.2 Å². The summed E-state index contributed by atoms with van der Waals surface area (Å²) in [5, 5.41) is 18.2. The van der Waals surface area contributed by atoms with Gasteiger partial charge in [-0.15, -0.1) is 0 Å². The minimum atomic E-state index is -0.223. The lowest BCUT2D eigenvalue weighted by Crippen LogP contribution is -2.32. The molecule has 1 unspecified atom stereocenters. The summed E-state index contributed by atoms with van der Waals surface area (Å²) in [4.78, 5) is 0. The largest absolute Gasteiger partial charge is 0.504 e. The van der Waals surface area contributed by atoms with E-state index in [4.69, 9.17) is 9.47 Å². The minimum absolute atomic E-state index is 0.110. The lowest BCUT2D eigenvalue weighted by molar-refractivity contribution is 0.241. The van der Waals surface area contributed by atoms with Crippen molar-refractivity contribution < 1.29 is 14.6 Å². The zero-order valence-corrected chi connectivity index (χ0v) is 17.7. The molecule has 0 saturated carbocycles. The second-order valence-corrected chi connectivity index (χ2v) is 8.95. The number of phenols is 1. The second-order valence-electron chi connectivity index (χ2n) is 8.17. The molecule has 0 bridgehead atoms. The normalized spacial score (nSPS) is 18.5. The first-order valence-corrected chi connectivity index (χ1v) is 10.6. The van der Waals surface area contributed by atoms with E-state index in [1.165, 1.54) is 5.57 Å². The highest BCUT2D eigenvalue weighted by molar-refractivity contribution is 7.08. The Balaban J connectivity index is 1.85. The van der Waals surface area contributed by atoms with E-state index in [-0.39, 0.29) is 17.4 Å². The smallest absolute Gasteiger partial charge is 0.172 e. The number of ether oxygens (including phenoxy) is 2. The van der Waals surface area contributed by atoms with E-state index >= 15 is 0 Å². The maximum Gasteiger partial charge on any atom is 0.172 e. The van der Waals surface area contributed by atoms with Crippen LogP contribution in [0.15, 0.2) is 47.2 Å². The summed E-state index contributed by atoms with van der Waals surface area (Å²) in [6.07, 6.45) is 2.04. The van der Waals surface area contributed by atoms with Crippen molar-refractivity contribution in [3.05, 3.63) is 63.9 Å². The number of rotatable bonds is 2. The molecular weight excluding hydrogens is 382 g/mol. The van der Waals surface area contributed by atoms with Gasteiger partial charge in [-0.3, -0.25) is 0 Å². The zero-order valence-electron chi connectivity index (χ0n) is 16.9. The number of fused-ring (bicyclic) bond motifs is 5. The van der Waals surface area contributed by atoms with Gasteiger partial charge in [0.1, 0.15) is 5.75 Å². The molecule has 1 atom stereocenters. The highest BCUT2D eigenvalue weighted by Crippen LogP contribution is 2.55. The third kappa shape index (κ3) is 2.72. The number of allylic oxidation sites excluding steroid dienone is 1. The highest BCUT2D eigenvalue weighted by Gasteiger charge is 2.36. The fourth-order valence-electron chi connectivity index (χ4n) is 4.59. The van der Waals surface area contributed by atoms with Gasteiger partial charge in [0, 0.05) is 22.4 Å². The maximum atomic E-state index is 10.4. The molecule has 5 heteroatoms. The van der Waals surface area contributed by atoms with Gasteiger partial charge in [-0.2, -0.15) is 11.3 Å². The molecular formula is C24H23NO3S. The molecule has 0 saturated heterocycles. The van der Waals surface area contributed by atoms with E-state index in [1.54, 1.807) is 24.5 Å². The number of hydrogen-bond donors (Lipinski definition) is 2. The fraction of sp³-hybridized carbons (Fsp3) is 0.250. The van der Waals surface area contributed by atoms with Gasteiger partial charge >= 0.3 is 0 Å². The molecule has 1 aromatic heterocycles. The van der Waals surface area contributed by atoms with Crippen LogP contribution in [-0.2, 0) is 0 Å². The van der Waals surface area contributed by atoms with Crippen LogP contribution in [0, 0.1) is 0 Å². The van der Waals surface area contributed by atoms with Gasteiger partial charge in [-0.25, -0.2) is 0 Å². The molecule has 0 spiro atoms. The molecule has 0 amide bonds. The molecule has 2 aliphatic heterocycles. The quantitative estimate of drug-likeness (QED) is 0.531. The first-order valence-electron chi connectivity index (χ1n) is 9.63. The summed E-state index contributed by atoms with van der Waals surface area (Å²) in [6.45, 7) is 6.49. The Hall–Kier alpha value is -2.92. The third-order valence-corrected chi connectivity index (χ3v) is 6.30. The molecule has 2 aromatic carbocycles. The lowest BCUT2D eigenvalue weighted by atomic mass is 9.80. The van der Waals surface area contributed by atoms with E-state index in [0.29, 0.717) is 11.5 Å². The molecule has 0 radical (unpaired) electrons. The number of benzene rings is 2. The summed E-state index contributed by atoms with van der Waals surface area (Å²) in [5.41, 5.74) is 7.42. The molecule has 148 valence electrons. The van der Waals surface area contributed by atoms with Crippen molar-refractivity contribution in [3.63, 3.8) is 0 Å². The number of phenolic OH excluding ortho intramolecular Hbond substituents is 1. The molecule has 3 heterocycles. The summed E-state index contributed by atoms with van der Waals surface area (Å²) < 4.78 is 12.1. The minimum Gasteiger partial charge on any atom is -0.504 e. The van der Waals surface area contributed by atoms with Gasteiger partial charge < -0.3 is 19.9 Å². The number of nitrogens with one attached hydrogen (secondary N) is 1. The monoisotopic (exact) mass is 405 g/mol. The number of thiophene rings is 1. The summed E-state index contributed by atoms with van der Waals surface area (Å²) in [6, 6.07) is 9.79. The fourth-order valence-corrected chi connectivity index (χ4v) is 5.27. The Kier molecular flexibility index (Phi) is 3.93. The second kappa shape index (κ2) is 6.29. The molecule has 29 heavy (non-hydrogen) atoms. The van der Waals surface area contributed by atoms with Crippen LogP contribution in [0.2, 0.25) is 0 Å². The Morgan fingerprint density at radius 1 is 1.14 bits per heavy atom. The summed E-state index contributed by atoms with van der Waals surface area (Å²) >= 11 is 1.66.